The zero-order valence-electron chi connectivity index (χ0n) is 15.6. The largest absolute Gasteiger partial charge is 0.372 e. The summed E-state index contributed by atoms with van der Waals surface area (Å²) in [7, 11) is 5.00. The molecule has 25 heavy (non-hydrogen) atoms. The molecular formula is C20H29N3O2. The van der Waals surface area contributed by atoms with Gasteiger partial charge in [-0.3, -0.25) is 9.59 Å². The molecule has 1 fully saturated rings. The van der Waals surface area contributed by atoms with E-state index in [-0.39, 0.29) is 18.4 Å². The molecule has 1 aromatic carbocycles. The standard InChI is InChI=1S/C20H29N3O2/c1-21(2)20(25)16-22(3)19(24)13-10-17-8-11-18(12-9-17)23-14-6-4-5-7-15-23/h8-13H,4-7,14-16H2,1-3H3/b13-10+. The Morgan fingerprint density at radius 1 is 1.00 bits per heavy atom. The van der Waals surface area contributed by atoms with E-state index in [9.17, 15) is 9.59 Å². The van der Waals surface area contributed by atoms with Crippen molar-refractivity contribution in [3.05, 3.63) is 35.9 Å². The van der Waals surface area contributed by atoms with Crippen molar-refractivity contribution < 1.29 is 9.59 Å². The molecule has 1 aliphatic rings. The van der Waals surface area contributed by atoms with Crippen molar-refractivity contribution in [3.8, 4) is 0 Å². The molecule has 1 saturated heterocycles. The maximum atomic E-state index is 12.1. The molecule has 2 rings (SSSR count). The maximum Gasteiger partial charge on any atom is 0.246 e. The number of nitrogens with zero attached hydrogens (tertiary/aromatic N) is 3. The second-order valence-electron chi connectivity index (χ2n) is 6.81. The molecule has 0 saturated carbocycles. The van der Waals surface area contributed by atoms with Crippen molar-refractivity contribution in [2.45, 2.75) is 25.7 Å². The van der Waals surface area contributed by atoms with Gasteiger partial charge >= 0.3 is 0 Å². The van der Waals surface area contributed by atoms with E-state index in [0.29, 0.717) is 0 Å². The molecule has 5 heteroatoms. The minimum absolute atomic E-state index is 0.0874. The zero-order chi connectivity index (χ0) is 18.2. The molecule has 0 unspecified atom stereocenters. The highest BCUT2D eigenvalue weighted by atomic mass is 16.2. The summed E-state index contributed by atoms with van der Waals surface area (Å²) in [5.41, 5.74) is 2.23. The van der Waals surface area contributed by atoms with Crippen molar-refractivity contribution in [1.29, 1.82) is 0 Å². The van der Waals surface area contributed by atoms with Gasteiger partial charge in [0.25, 0.3) is 0 Å². The molecule has 1 aliphatic heterocycles. The van der Waals surface area contributed by atoms with Crippen LogP contribution in [0.5, 0.6) is 0 Å². The Morgan fingerprint density at radius 2 is 1.60 bits per heavy atom. The Hall–Kier alpha value is -2.30. The Kier molecular flexibility index (Phi) is 7.04. The van der Waals surface area contributed by atoms with E-state index < -0.39 is 0 Å². The SMILES string of the molecule is CN(C)C(=O)CN(C)C(=O)/C=C/c1ccc(N2CCCCCC2)cc1. The van der Waals surface area contributed by atoms with Gasteiger partial charge in [0.2, 0.25) is 11.8 Å². The first-order valence-electron chi connectivity index (χ1n) is 8.95. The summed E-state index contributed by atoms with van der Waals surface area (Å²) in [6.45, 7) is 2.33. The number of likely N-dealkylation sites (N-methyl/N-ethyl adjacent to an activating group) is 2. The first-order valence-corrected chi connectivity index (χ1v) is 8.95. The summed E-state index contributed by atoms with van der Waals surface area (Å²) in [6, 6.07) is 8.31. The van der Waals surface area contributed by atoms with Crippen LogP contribution in [-0.2, 0) is 9.59 Å². The average molecular weight is 343 g/mol. The van der Waals surface area contributed by atoms with E-state index in [1.807, 2.05) is 12.1 Å². The molecule has 0 N–H and O–H groups in total. The van der Waals surface area contributed by atoms with Crippen LogP contribution in [0.2, 0.25) is 0 Å². The molecule has 136 valence electrons. The topological polar surface area (TPSA) is 43.9 Å². The smallest absolute Gasteiger partial charge is 0.246 e. The van der Waals surface area contributed by atoms with Crippen molar-refractivity contribution in [1.82, 2.24) is 9.80 Å². The van der Waals surface area contributed by atoms with Gasteiger partial charge in [-0.2, -0.15) is 0 Å². The van der Waals surface area contributed by atoms with Gasteiger partial charge in [-0.05, 0) is 36.6 Å². The number of benzene rings is 1. The van der Waals surface area contributed by atoms with Crippen LogP contribution in [0.3, 0.4) is 0 Å². The monoisotopic (exact) mass is 343 g/mol. The van der Waals surface area contributed by atoms with Crippen LogP contribution in [0.4, 0.5) is 5.69 Å². The molecule has 1 aromatic rings. The first-order chi connectivity index (χ1) is 12.0. The number of amides is 2. The molecule has 0 radical (unpaired) electrons. The van der Waals surface area contributed by atoms with Gasteiger partial charge in [-0.25, -0.2) is 0 Å². The number of rotatable bonds is 5. The predicted molar refractivity (Wildman–Crippen MR) is 102 cm³/mol. The molecular weight excluding hydrogens is 314 g/mol. The fourth-order valence-corrected chi connectivity index (χ4v) is 2.84. The highest BCUT2D eigenvalue weighted by Crippen LogP contribution is 2.20. The fourth-order valence-electron chi connectivity index (χ4n) is 2.84. The average Bonchev–Trinajstić information content (AvgIpc) is 2.89. The van der Waals surface area contributed by atoms with Gasteiger partial charge in [-0.1, -0.05) is 25.0 Å². The van der Waals surface area contributed by atoms with Crippen LogP contribution in [-0.4, -0.2) is 62.4 Å². The van der Waals surface area contributed by atoms with Crippen LogP contribution in [0.25, 0.3) is 6.08 Å². The summed E-state index contributed by atoms with van der Waals surface area (Å²) >= 11 is 0. The normalized spacial score (nSPS) is 15.1. The number of anilines is 1. The lowest BCUT2D eigenvalue weighted by Gasteiger charge is -2.22. The van der Waals surface area contributed by atoms with Crippen LogP contribution in [0.1, 0.15) is 31.2 Å². The molecule has 0 atom stereocenters. The fraction of sp³-hybridized carbons (Fsp3) is 0.500. The third-order valence-electron chi connectivity index (χ3n) is 4.53. The lowest BCUT2D eigenvalue weighted by molar-refractivity contribution is -0.135. The van der Waals surface area contributed by atoms with Crippen LogP contribution >= 0.6 is 0 Å². The minimum atomic E-state index is -0.174. The third-order valence-corrected chi connectivity index (χ3v) is 4.53. The van der Waals surface area contributed by atoms with Crippen LogP contribution < -0.4 is 4.90 Å². The van der Waals surface area contributed by atoms with Gasteiger partial charge in [-0.15, -0.1) is 0 Å². The van der Waals surface area contributed by atoms with Crippen LogP contribution in [0, 0.1) is 0 Å². The van der Waals surface area contributed by atoms with Crippen molar-refractivity contribution in [3.63, 3.8) is 0 Å². The molecule has 0 bridgehead atoms. The molecule has 0 spiro atoms. The summed E-state index contributed by atoms with van der Waals surface area (Å²) in [5, 5.41) is 0. The Morgan fingerprint density at radius 3 is 2.16 bits per heavy atom. The minimum Gasteiger partial charge on any atom is -0.372 e. The Balaban J connectivity index is 1.92. The summed E-state index contributed by atoms with van der Waals surface area (Å²) in [6.07, 6.45) is 8.48. The molecule has 5 nitrogen and oxygen atoms in total. The second kappa shape index (κ2) is 9.25. The number of hydrogen-bond acceptors (Lipinski definition) is 3. The van der Waals surface area contributed by atoms with Gasteiger partial charge in [0, 0.05) is 46.0 Å². The summed E-state index contributed by atoms with van der Waals surface area (Å²) in [5.74, 6) is -0.266. The number of carbonyl (C=O) groups is 2. The lowest BCUT2D eigenvalue weighted by atomic mass is 10.1. The Bertz CT molecular complexity index is 600. The van der Waals surface area contributed by atoms with E-state index in [1.54, 1.807) is 27.2 Å². The highest BCUT2D eigenvalue weighted by molar-refractivity contribution is 5.94. The maximum absolute atomic E-state index is 12.1. The predicted octanol–water partition coefficient (Wildman–Crippen LogP) is 2.63. The van der Waals surface area contributed by atoms with Crippen molar-refractivity contribution in [2.24, 2.45) is 0 Å². The van der Waals surface area contributed by atoms with Gasteiger partial charge in [0.1, 0.15) is 0 Å². The molecule has 1 heterocycles. The third kappa shape index (κ3) is 5.93. The molecule has 0 aliphatic carbocycles. The van der Waals surface area contributed by atoms with Crippen LogP contribution in [0.15, 0.2) is 30.3 Å². The van der Waals surface area contributed by atoms with Gasteiger partial charge in [0.15, 0.2) is 0 Å². The van der Waals surface area contributed by atoms with Gasteiger partial charge < -0.3 is 14.7 Å². The van der Waals surface area contributed by atoms with E-state index >= 15 is 0 Å². The molecule has 2 amide bonds. The summed E-state index contributed by atoms with van der Waals surface area (Å²) in [4.78, 5) is 29.1. The zero-order valence-corrected chi connectivity index (χ0v) is 15.6. The highest BCUT2D eigenvalue weighted by Gasteiger charge is 2.12. The summed E-state index contributed by atoms with van der Waals surface area (Å²) < 4.78 is 0. The van der Waals surface area contributed by atoms with Gasteiger partial charge in [0.05, 0.1) is 6.54 Å². The van der Waals surface area contributed by atoms with Crippen molar-refractivity contribution >= 4 is 23.6 Å². The van der Waals surface area contributed by atoms with E-state index in [1.165, 1.54) is 47.2 Å². The second-order valence-corrected chi connectivity index (χ2v) is 6.81. The quantitative estimate of drug-likeness (QED) is 0.772. The Labute approximate surface area is 150 Å². The van der Waals surface area contributed by atoms with E-state index in [2.05, 4.69) is 17.0 Å². The van der Waals surface area contributed by atoms with Crippen molar-refractivity contribution in [2.75, 3.05) is 45.7 Å². The van der Waals surface area contributed by atoms with E-state index in [0.717, 1.165) is 18.7 Å². The first kappa shape index (κ1) is 19.0. The lowest BCUT2D eigenvalue weighted by Crippen LogP contribution is -2.36. The number of hydrogen-bond donors (Lipinski definition) is 0. The number of carbonyl (C=O) groups excluding carboxylic acids is 2. The molecule has 0 aromatic heterocycles. The van der Waals surface area contributed by atoms with E-state index in [4.69, 9.17) is 0 Å².